The summed E-state index contributed by atoms with van der Waals surface area (Å²) in [7, 11) is 0. The first kappa shape index (κ1) is 22.4. The number of imidazole rings is 2. The summed E-state index contributed by atoms with van der Waals surface area (Å²) in [4.78, 5) is 9.24. The lowest BCUT2D eigenvalue weighted by molar-refractivity contribution is 1.27. The number of aryl methyl sites for hydroxylation is 2. The van der Waals surface area contributed by atoms with Gasteiger partial charge >= 0.3 is 0 Å². The predicted octanol–water partition coefficient (Wildman–Crippen LogP) is 7.76. The second-order valence-electron chi connectivity index (χ2n) is 9.01. The Kier molecular flexibility index (Phi) is 4.95. The molecule has 0 spiro atoms. The maximum absolute atomic E-state index is 9.44. The molecule has 180 valence electrons. The summed E-state index contributed by atoms with van der Waals surface area (Å²) in [6.07, 6.45) is 0. The predicted molar refractivity (Wildman–Crippen MR) is 155 cm³/mol. The van der Waals surface area contributed by atoms with E-state index < -0.39 is 0 Å². The zero-order chi connectivity index (χ0) is 26.0. The van der Waals surface area contributed by atoms with Gasteiger partial charge in [-0.1, -0.05) is 24.3 Å². The number of nitrogens with zero attached hydrogens (tertiary/aromatic N) is 6. The molecule has 0 atom stereocenters. The minimum absolute atomic E-state index is 0.672. The Labute approximate surface area is 224 Å². The standard InChI is InChI=1S/2C15H9N3S/c2*1-9-10(8-16)15-17-11-4-2-3-5-12(11)18(15)13-6-7-19-14(9)13/h2*2-7H,1H3. The van der Waals surface area contributed by atoms with Gasteiger partial charge in [-0.2, -0.15) is 10.5 Å². The van der Waals surface area contributed by atoms with Crippen LogP contribution >= 0.6 is 22.7 Å². The van der Waals surface area contributed by atoms with Crippen molar-refractivity contribution in [3.05, 3.63) is 93.7 Å². The van der Waals surface area contributed by atoms with E-state index in [9.17, 15) is 10.5 Å². The van der Waals surface area contributed by atoms with E-state index in [0.29, 0.717) is 11.1 Å². The summed E-state index contributed by atoms with van der Waals surface area (Å²) in [5, 5.41) is 23.0. The van der Waals surface area contributed by atoms with Gasteiger partial charge in [0.05, 0.1) is 53.6 Å². The molecular weight excluding hydrogens is 509 g/mol. The highest BCUT2D eigenvalue weighted by atomic mass is 32.1. The highest BCUT2D eigenvalue weighted by Gasteiger charge is 2.17. The summed E-state index contributed by atoms with van der Waals surface area (Å²) in [5.41, 5.74) is 11.1. The zero-order valence-corrected chi connectivity index (χ0v) is 22.1. The molecule has 2 aromatic carbocycles. The Hall–Kier alpha value is -4.76. The molecule has 38 heavy (non-hydrogen) atoms. The maximum atomic E-state index is 9.44. The molecule has 0 N–H and O–H groups in total. The van der Waals surface area contributed by atoms with E-state index in [1.54, 1.807) is 22.7 Å². The van der Waals surface area contributed by atoms with E-state index in [4.69, 9.17) is 0 Å². The molecule has 8 heteroatoms. The van der Waals surface area contributed by atoms with E-state index >= 15 is 0 Å². The minimum atomic E-state index is 0.672. The number of hydrogen-bond acceptors (Lipinski definition) is 6. The Balaban J connectivity index is 0.000000127. The maximum Gasteiger partial charge on any atom is 0.156 e. The van der Waals surface area contributed by atoms with E-state index in [1.807, 2.05) is 62.4 Å². The van der Waals surface area contributed by atoms with Crippen LogP contribution in [0.25, 0.3) is 53.8 Å². The van der Waals surface area contributed by atoms with Crippen molar-refractivity contribution in [1.82, 2.24) is 18.8 Å². The van der Waals surface area contributed by atoms with Crippen LogP contribution in [0.4, 0.5) is 0 Å². The molecule has 6 aromatic heterocycles. The molecule has 0 aliphatic rings. The molecule has 6 nitrogen and oxygen atoms in total. The van der Waals surface area contributed by atoms with Crippen molar-refractivity contribution in [2.75, 3.05) is 0 Å². The number of para-hydroxylation sites is 4. The van der Waals surface area contributed by atoms with Gasteiger partial charge in [-0.3, -0.25) is 8.80 Å². The summed E-state index contributed by atoms with van der Waals surface area (Å²) in [6.45, 7) is 3.99. The molecule has 0 radical (unpaired) electrons. The molecule has 0 bridgehead atoms. The van der Waals surface area contributed by atoms with Crippen molar-refractivity contribution in [3.8, 4) is 12.1 Å². The van der Waals surface area contributed by atoms with Gasteiger partial charge in [0.25, 0.3) is 0 Å². The molecule has 8 rings (SSSR count). The number of rotatable bonds is 0. The van der Waals surface area contributed by atoms with Gasteiger partial charge in [-0.25, -0.2) is 9.97 Å². The molecule has 8 aromatic rings. The molecule has 0 amide bonds. The largest absolute Gasteiger partial charge is 0.290 e. The molecule has 0 aliphatic carbocycles. The van der Waals surface area contributed by atoms with Crippen molar-refractivity contribution < 1.29 is 0 Å². The van der Waals surface area contributed by atoms with Crippen LogP contribution in [0.3, 0.4) is 0 Å². The highest BCUT2D eigenvalue weighted by Crippen LogP contribution is 2.33. The smallest absolute Gasteiger partial charge is 0.156 e. The number of aromatic nitrogens is 4. The SMILES string of the molecule is Cc1c(C#N)c2nc3ccccc3n2c2ccsc12.Cc1c(C#N)c2nc3ccccc3n2c2ccsc12. The summed E-state index contributed by atoms with van der Waals surface area (Å²) in [6, 6.07) is 24.8. The molecular formula is C30H18N6S2. The third kappa shape index (κ3) is 3.02. The number of nitriles is 2. The molecule has 0 unspecified atom stereocenters. The van der Waals surface area contributed by atoms with E-state index in [1.165, 1.54) is 0 Å². The summed E-state index contributed by atoms with van der Waals surface area (Å²) < 4.78 is 6.50. The number of pyridine rings is 2. The summed E-state index contributed by atoms with van der Waals surface area (Å²) in [5.74, 6) is 0. The fourth-order valence-corrected chi connectivity index (χ4v) is 7.01. The highest BCUT2D eigenvalue weighted by molar-refractivity contribution is 7.17. The average molecular weight is 527 g/mol. The fraction of sp³-hybridized carbons (Fsp3) is 0.0667. The van der Waals surface area contributed by atoms with Gasteiger partial charge in [-0.15, -0.1) is 22.7 Å². The lowest BCUT2D eigenvalue weighted by atomic mass is 10.1. The molecule has 0 saturated carbocycles. The quantitative estimate of drug-likeness (QED) is 0.202. The van der Waals surface area contributed by atoms with Crippen LogP contribution in [0.1, 0.15) is 22.3 Å². The van der Waals surface area contributed by atoms with Crippen LogP contribution < -0.4 is 0 Å². The molecule has 0 aliphatic heterocycles. The van der Waals surface area contributed by atoms with Gasteiger partial charge in [0.15, 0.2) is 11.3 Å². The Morgan fingerprint density at radius 3 is 1.45 bits per heavy atom. The van der Waals surface area contributed by atoms with Gasteiger partial charge < -0.3 is 0 Å². The van der Waals surface area contributed by atoms with Crippen LogP contribution in [0.5, 0.6) is 0 Å². The van der Waals surface area contributed by atoms with Crippen LogP contribution in [0, 0.1) is 36.5 Å². The van der Waals surface area contributed by atoms with Crippen molar-refractivity contribution >= 4 is 76.5 Å². The van der Waals surface area contributed by atoms with Crippen molar-refractivity contribution in [3.63, 3.8) is 0 Å². The van der Waals surface area contributed by atoms with E-state index in [0.717, 1.165) is 64.9 Å². The first-order valence-corrected chi connectivity index (χ1v) is 13.7. The van der Waals surface area contributed by atoms with Gasteiger partial charge in [0.1, 0.15) is 12.1 Å². The lowest BCUT2D eigenvalue weighted by Crippen LogP contribution is -1.93. The Morgan fingerprint density at radius 2 is 1.03 bits per heavy atom. The Morgan fingerprint density at radius 1 is 0.605 bits per heavy atom. The first-order chi connectivity index (χ1) is 18.6. The number of thiophene rings is 2. The average Bonchev–Trinajstić information content (AvgIpc) is 3.73. The van der Waals surface area contributed by atoms with Crippen molar-refractivity contribution in [2.45, 2.75) is 13.8 Å². The molecule has 0 fully saturated rings. The van der Waals surface area contributed by atoms with Crippen LogP contribution in [0.2, 0.25) is 0 Å². The van der Waals surface area contributed by atoms with Gasteiger partial charge in [-0.05, 0) is 72.1 Å². The fourth-order valence-electron chi connectivity index (χ4n) is 5.22. The van der Waals surface area contributed by atoms with Gasteiger partial charge in [0.2, 0.25) is 0 Å². The topological polar surface area (TPSA) is 82.2 Å². The first-order valence-electron chi connectivity index (χ1n) is 12.0. The van der Waals surface area contributed by atoms with Crippen molar-refractivity contribution in [1.29, 1.82) is 10.5 Å². The third-order valence-electron chi connectivity index (χ3n) is 6.99. The third-order valence-corrected chi connectivity index (χ3v) is 9.04. The van der Waals surface area contributed by atoms with E-state index in [-0.39, 0.29) is 0 Å². The van der Waals surface area contributed by atoms with Gasteiger partial charge in [0, 0.05) is 0 Å². The number of fused-ring (bicyclic) bond motifs is 10. The lowest BCUT2D eigenvalue weighted by Gasteiger charge is -2.04. The Bertz CT molecular complexity index is 2130. The molecule has 6 heterocycles. The van der Waals surface area contributed by atoms with Crippen LogP contribution in [0.15, 0.2) is 71.4 Å². The summed E-state index contributed by atoms with van der Waals surface area (Å²) >= 11 is 3.34. The monoisotopic (exact) mass is 526 g/mol. The number of hydrogen-bond donors (Lipinski definition) is 0. The van der Waals surface area contributed by atoms with Crippen LogP contribution in [-0.2, 0) is 0 Å². The minimum Gasteiger partial charge on any atom is -0.290 e. The second kappa shape index (κ2) is 8.39. The molecule has 0 saturated heterocycles. The van der Waals surface area contributed by atoms with E-state index in [2.05, 4.69) is 53.8 Å². The van der Waals surface area contributed by atoms with Crippen molar-refractivity contribution in [2.24, 2.45) is 0 Å². The zero-order valence-electron chi connectivity index (χ0n) is 20.4. The van der Waals surface area contributed by atoms with Crippen LogP contribution in [-0.4, -0.2) is 18.8 Å². The second-order valence-corrected chi connectivity index (χ2v) is 10.8. The normalized spacial score (nSPS) is 11.4. The number of benzene rings is 2.